The van der Waals surface area contributed by atoms with Crippen molar-refractivity contribution in [3.05, 3.63) is 47.7 Å². The zero-order valence-electron chi connectivity index (χ0n) is 15.7. The molecule has 2 heterocycles. The van der Waals surface area contributed by atoms with Crippen molar-refractivity contribution >= 4 is 27.2 Å². The maximum absolute atomic E-state index is 12.6. The number of carbonyl (C=O) groups is 1. The molecule has 1 N–H and O–H groups in total. The first-order chi connectivity index (χ1) is 12.8. The molecule has 0 radical (unpaired) electrons. The van der Waals surface area contributed by atoms with Gasteiger partial charge in [-0.2, -0.15) is 0 Å². The number of nitrogens with one attached hydrogen (secondary N) is 1. The number of benzene rings is 1. The summed E-state index contributed by atoms with van der Waals surface area (Å²) in [7, 11) is -1.44. The van der Waals surface area contributed by atoms with E-state index < -0.39 is 9.84 Å². The molecule has 0 aliphatic carbocycles. The number of hydrogen-bond donors (Lipinski definition) is 1. The van der Waals surface area contributed by atoms with Gasteiger partial charge < -0.3 is 10.2 Å². The summed E-state index contributed by atoms with van der Waals surface area (Å²) in [5.74, 6) is 0.719. The van der Waals surface area contributed by atoms with E-state index in [4.69, 9.17) is 0 Å². The summed E-state index contributed by atoms with van der Waals surface area (Å²) >= 11 is 0. The molecule has 3 rings (SSSR count). The molecule has 0 spiro atoms. The molecule has 1 aromatic carbocycles. The van der Waals surface area contributed by atoms with Crippen molar-refractivity contribution in [1.82, 2.24) is 15.1 Å². The summed E-state index contributed by atoms with van der Waals surface area (Å²) in [6.07, 6.45) is 0.462. The van der Waals surface area contributed by atoms with Gasteiger partial charge in [0.25, 0.3) is 5.91 Å². The first-order valence-corrected chi connectivity index (χ1v) is 10.8. The molecule has 1 aliphatic rings. The molecule has 144 valence electrons. The summed E-state index contributed by atoms with van der Waals surface area (Å²) in [4.78, 5) is 14.0. The fourth-order valence-electron chi connectivity index (χ4n) is 3.19. The number of carbonyl (C=O) groups excluding carboxylic acids is 1. The number of amides is 1. The maximum Gasteiger partial charge on any atom is 0.274 e. The van der Waals surface area contributed by atoms with Crippen molar-refractivity contribution in [3.63, 3.8) is 0 Å². The minimum absolute atomic E-state index is 0.00823. The Morgan fingerprint density at radius 3 is 2.52 bits per heavy atom. The van der Waals surface area contributed by atoms with Crippen LogP contribution in [-0.2, 0) is 9.84 Å². The zero-order chi connectivity index (χ0) is 19.6. The number of anilines is 2. The van der Waals surface area contributed by atoms with Crippen LogP contribution in [0.4, 0.5) is 11.5 Å². The molecule has 2 aromatic rings. The lowest BCUT2D eigenvalue weighted by molar-refractivity contribution is 0.0740. The molecule has 0 saturated carbocycles. The van der Waals surface area contributed by atoms with E-state index in [1.54, 1.807) is 19.2 Å². The molecule has 1 saturated heterocycles. The molecule has 1 fully saturated rings. The number of para-hydroxylation sites is 1. The number of rotatable bonds is 5. The van der Waals surface area contributed by atoms with Crippen molar-refractivity contribution in [3.8, 4) is 0 Å². The highest BCUT2D eigenvalue weighted by Gasteiger charge is 2.33. The smallest absolute Gasteiger partial charge is 0.274 e. The lowest BCUT2D eigenvalue weighted by atomic mass is 10.0. The number of aromatic nitrogens is 2. The topological polar surface area (TPSA) is 92.3 Å². The minimum Gasteiger partial charge on any atom is -0.338 e. The molecule has 1 unspecified atom stereocenters. The van der Waals surface area contributed by atoms with Crippen LogP contribution in [0.15, 0.2) is 36.4 Å². The number of hydrogen-bond acceptors (Lipinski definition) is 6. The van der Waals surface area contributed by atoms with Crippen LogP contribution in [0, 0.1) is 0 Å². The van der Waals surface area contributed by atoms with E-state index in [1.165, 1.54) is 10.5 Å². The van der Waals surface area contributed by atoms with Gasteiger partial charge in [0.1, 0.15) is 0 Å². The van der Waals surface area contributed by atoms with Crippen molar-refractivity contribution < 1.29 is 13.2 Å². The van der Waals surface area contributed by atoms with Gasteiger partial charge in [-0.1, -0.05) is 32.0 Å². The van der Waals surface area contributed by atoms with Gasteiger partial charge in [0.05, 0.1) is 11.5 Å². The Kier molecular flexibility index (Phi) is 5.46. The molecule has 1 amide bonds. The largest absolute Gasteiger partial charge is 0.338 e. The van der Waals surface area contributed by atoms with Gasteiger partial charge in [-0.25, -0.2) is 8.42 Å². The molecular formula is C19H24N4O3S. The summed E-state index contributed by atoms with van der Waals surface area (Å²) in [5, 5.41) is 11.4. The number of nitrogens with zero attached hydrogens (tertiary/aromatic N) is 3. The van der Waals surface area contributed by atoms with Crippen molar-refractivity contribution in [2.75, 3.05) is 23.9 Å². The van der Waals surface area contributed by atoms with Gasteiger partial charge in [-0.15, -0.1) is 10.2 Å². The van der Waals surface area contributed by atoms with E-state index in [1.807, 2.05) is 18.2 Å². The Morgan fingerprint density at radius 2 is 1.93 bits per heavy atom. The quantitative estimate of drug-likeness (QED) is 0.846. The predicted octanol–water partition coefficient (Wildman–Crippen LogP) is 2.60. The average molecular weight is 388 g/mol. The molecule has 0 bridgehead atoms. The standard InChI is InChI=1S/C19H24N4O3S/c1-13(2)15-6-4-5-7-16(15)20-18-9-8-17(21-22-18)19(24)23(3)14-10-11-27(25,26)12-14/h4-9,13-14H,10-12H2,1-3H3,(H,20,22). The lowest BCUT2D eigenvalue weighted by Gasteiger charge is -2.22. The molecule has 27 heavy (non-hydrogen) atoms. The van der Waals surface area contributed by atoms with Gasteiger partial charge in [-0.3, -0.25) is 4.79 Å². The third-order valence-corrected chi connectivity index (χ3v) is 6.56. The van der Waals surface area contributed by atoms with Crippen molar-refractivity contribution in [1.29, 1.82) is 0 Å². The molecule has 1 aromatic heterocycles. The highest BCUT2D eigenvalue weighted by molar-refractivity contribution is 7.91. The first-order valence-electron chi connectivity index (χ1n) is 8.94. The summed E-state index contributed by atoms with van der Waals surface area (Å²) in [5.41, 5.74) is 2.32. The van der Waals surface area contributed by atoms with Gasteiger partial charge in [0.2, 0.25) is 0 Å². The average Bonchev–Trinajstić information content (AvgIpc) is 3.01. The molecule has 1 aliphatic heterocycles. The second-order valence-electron chi connectivity index (χ2n) is 7.14. The Balaban J connectivity index is 1.71. The molecular weight excluding hydrogens is 364 g/mol. The van der Waals surface area contributed by atoms with Gasteiger partial charge in [-0.05, 0) is 36.1 Å². The molecule has 8 heteroatoms. The van der Waals surface area contributed by atoms with E-state index in [0.717, 1.165) is 5.69 Å². The summed E-state index contributed by atoms with van der Waals surface area (Å²) in [6, 6.07) is 11.0. The second kappa shape index (κ2) is 7.64. The van der Waals surface area contributed by atoms with E-state index in [2.05, 4.69) is 35.4 Å². The van der Waals surface area contributed by atoms with Crippen LogP contribution in [-0.4, -0.2) is 54.0 Å². The zero-order valence-corrected chi connectivity index (χ0v) is 16.5. The highest BCUT2D eigenvalue weighted by Crippen LogP contribution is 2.26. The second-order valence-corrected chi connectivity index (χ2v) is 9.37. The SMILES string of the molecule is CC(C)c1ccccc1Nc1ccc(C(=O)N(C)C2CCS(=O)(=O)C2)nn1. The van der Waals surface area contributed by atoms with Crippen LogP contribution in [0.25, 0.3) is 0 Å². The van der Waals surface area contributed by atoms with Crippen LogP contribution in [0.1, 0.15) is 42.2 Å². The number of sulfone groups is 1. The van der Waals surface area contributed by atoms with Gasteiger partial charge >= 0.3 is 0 Å². The van der Waals surface area contributed by atoms with E-state index >= 15 is 0 Å². The monoisotopic (exact) mass is 388 g/mol. The predicted molar refractivity (Wildman–Crippen MR) is 105 cm³/mol. The van der Waals surface area contributed by atoms with Crippen LogP contribution >= 0.6 is 0 Å². The minimum atomic E-state index is -3.05. The third kappa shape index (κ3) is 4.44. The van der Waals surface area contributed by atoms with E-state index in [0.29, 0.717) is 18.2 Å². The van der Waals surface area contributed by atoms with Crippen LogP contribution in [0.2, 0.25) is 0 Å². The third-order valence-electron chi connectivity index (χ3n) is 4.81. The lowest BCUT2D eigenvalue weighted by Crippen LogP contribution is -2.38. The highest BCUT2D eigenvalue weighted by atomic mass is 32.2. The van der Waals surface area contributed by atoms with Crippen LogP contribution in [0.3, 0.4) is 0 Å². The van der Waals surface area contributed by atoms with Gasteiger partial charge in [0.15, 0.2) is 21.3 Å². The van der Waals surface area contributed by atoms with E-state index in [-0.39, 0.29) is 29.1 Å². The normalized spacial score (nSPS) is 18.4. The molecule has 7 nitrogen and oxygen atoms in total. The fraction of sp³-hybridized carbons (Fsp3) is 0.421. The van der Waals surface area contributed by atoms with Crippen molar-refractivity contribution in [2.45, 2.75) is 32.2 Å². The Labute approximate surface area is 159 Å². The maximum atomic E-state index is 12.6. The van der Waals surface area contributed by atoms with Crippen LogP contribution < -0.4 is 5.32 Å². The van der Waals surface area contributed by atoms with Gasteiger partial charge in [0, 0.05) is 18.8 Å². The first kappa shape index (κ1) is 19.3. The van der Waals surface area contributed by atoms with Crippen LogP contribution in [0.5, 0.6) is 0 Å². The Hall–Kier alpha value is -2.48. The summed E-state index contributed by atoms with van der Waals surface area (Å²) < 4.78 is 23.2. The Bertz CT molecular complexity index is 926. The van der Waals surface area contributed by atoms with E-state index in [9.17, 15) is 13.2 Å². The fourth-order valence-corrected chi connectivity index (χ4v) is 4.97. The summed E-state index contributed by atoms with van der Waals surface area (Å²) in [6.45, 7) is 4.24. The molecule has 1 atom stereocenters. The Morgan fingerprint density at radius 1 is 1.19 bits per heavy atom. The van der Waals surface area contributed by atoms with Crippen molar-refractivity contribution in [2.24, 2.45) is 0 Å².